The van der Waals surface area contributed by atoms with Crippen molar-refractivity contribution in [3.05, 3.63) is 93.9 Å². The van der Waals surface area contributed by atoms with E-state index >= 15 is 0 Å². The smallest absolute Gasteiger partial charge is 0.345 e. The standard InChI is InChI=1S/C28H25NO7/c1-5-35-27(31)18-8-12-20(13-9-18)36-28(32)23-16-29(19-10-6-17(2)7-11-19)26(30)22-15-25(34-4)24(33-3)14-21(22)23/h6-16H,5H2,1-4H3. The van der Waals surface area contributed by atoms with Crippen LogP contribution in [0.25, 0.3) is 16.5 Å². The summed E-state index contributed by atoms with van der Waals surface area (Å²) < 4.78 is 22.7. The Bertz CT molecular complexity index is 1490. The quantitative estimate of drug-likeness (QED) is 0.275. The molecular formula is C28H25NO7. The zero-order valence-corrected chi connectivity index (χ0v) is 20.4. The number of carbonyl (C=O) groups is 2. The van der Waals surface area contributed by atoms with Crippen LogP contribution in [0, 0.1) is 6.92 Å². The monoisotopic (exact) mass is 487 g/mol. The molecule has 0 saturated carbocycles. The highest BCUT2D eigenvalue weighted by molar-refractivity contribution is 6.05. The number of aryl methyl sites for hydroxylation is 1. The summed E-state index contributed by atoms with van der Waals surface area (Å²) in [5.74, 6) is -0.192. The zero-order valence-electron chi connectivity index (χ0n) is 20.4. The van der Waals surface area contributed by atoms with Crippen molar-refractivity contribution in [1.29, 1.82) is 0 Å². The molecule has 8 heteroatoms. The van der Waals surface area contributed by atoms with Crippen LogP contribution < -0.4 is 19.8 Å². The van der Waals surface area contributed by atoms with Gasteiger partial charge in [0.25, 0.3) is 5.56 Å². The molecule has 0 bridgehead atoms. The van der Waals surface area contributed by atoms with Crippen molar-refractivity contribution in [2.75, 3.05) is 20.8 Å². The minimum atomic E-state index is -0.683. The molecule has 0 atom stereocenters. The number of carbonyl (C=O) groups excluding carboxylic acids is 2. The first-order chi connectivity index (χ1) is 17.4. The number of hydrogen-bond donors (Lipinski definition) is 0. The Hall–Kier alpha value is -4.59. The van der Waals surface area contributed by atoms with Gasteiger partial charge in [-0.2, -0.15) is 0 Å². The minimum Gasteiger partial charge on any atom is -0.493 e. The normalized spacial score (nSPS) is 10.7. The molecule has 0 aliphatic carbocycles. The van der Waals surface area contributed by atoms with Crippen LogP contribution in [0.4, 0.5) is 0 Å². The molecule has 8 nitrogen and oxygen atoms in total. The Labute approximate surface area is 207 Å². The van der Waals surface area contributed by atoms with E-state index in [9.17, 15) is 14.4 Å². The van der Waals surface area contributed by atoms with Gasteiger partial charge in [-0.1, -0.05) is 17.7 Å². The maximum Gasteiger partial charge on any atom is 0.345 e. The van der Waals surface area contributed by atoms with E-state index in [0.29, 0.717) is 28.1 Å². The highest BCUT2D eigenvalue weighted by Gasteiger charge is 2.21. The number of esters is 2. The lowest BCUT2D eigenvalue weighted by Gasteiger charge is -2.15. The summed E-state index contributed by atoms with van der Waals surface area (Å²) in [6.07, 6.45) is 1.45. The van der Waals surface area contributed by atoms with E-state index in [4.69, 9.17) is 18.9 Å². The molecule has 0 N–H and O–H groups in total. The number of methoxy groups -OCH3 is 2. The lowest BCUT2D eigenvalue weighted by atomic mass is 10.1. The number of nitrogens with zero attached hydrogens (tertiary/aromatic N) is 1. The van der Waals surface area contributed by atoms with Crippen LogP contribution in [0.2, 0.25) is 0 Å². The van der Waals surface area contributed by atoms with E-state index in [0.717, 1.165) is 5.56 Å². The Morgan fingerprint density at radius 2 is 1.44 bits per heavy atom. The Morgan fingerprint density at radius 1 is 0.833 bits per heavy atom. The molecule has 0 aliphatic heterocycles. The van der Waals surface area contributed by atoms with Gasteiger partial charge in [0.05, 0.1) is 37.3 Å². The summed E-state index contributed by atoms with van der Waals surface area (Å²) in [4.78, 5) is 38.7. The molecule has 4 rings (SSSR count). The van der Waals surface area contributed by atoms with Gasteiger partial charge in [-0.25, -0.2) is 9.59 Å². The van der Waals surface area contributed by atoms with Gasteiger partial charge < -0.3 is 18.9 Å². The Kier molecular flexibility index (Phi) is 7.05. The molecule has 184 valence electrons. The van der Waals surface area contributed by atoms with E-state index in [-0.39, 0.29) is 28.9 Å². The van der Waals surface area contributed by atoms with E-state index in [1.54, 1.807) is 31.2 Å². The van der Waals surface area contributed by atoms with E-state index in [2.05, 4.69) is 0 Å². The maximum atomic E-state index is 13.4. The first-order valence-electron chi connectivity index (χ1n) is 11.2. The molecule has 3 aromatic carbocycles. The van der Waals surface area contributed by atoms with E-state index < -0.39 is 11.9 Å². The second-order valence-electron chi connectivity index (χ2n) is 7.94. The van der Waals surface area contributed by atoms with Gasteiger partial charge >= 0.3 is 11.9 Å². The number of benzene rings is 3. The van der Waals surface area contributed by atoms with Gasteiger partial charge in [-0.3, -0.25) is 9.36 Å². The van der Waals surface area contributed by atoms with Crippen molar-refractivity contribution in [2.45, 2.75) is 13.8 Å². The first-order valence-corrected chi connectivity index (χ1v) is 11.2. The summed E-state index contributed by atoms with van der Waals surface area (Å²) in [6.45, 7) is 3.92. The molecule has 0 saturated heterocycles. The third-order valence-electron chi connectivity index (χ3n) is 5.63. The van der Waals surface area contributed by atoms with Gasteiger partial charge in [-0.15, -0.1) is 0 Å². The molecular weight excluding hydrogens is 462 g/mol. The third kappa shape index (κ3) is 4.79. The first kappa shape index (κ1) is 24.5. The Morgan fingerprint density at radius 3 is 2.03 bits per heavy atom. The summed E-state index contributed by atoms with van der Waals surface area (Å²) in [6, 6.07) is 16.5. The molecule has 1 aromatic heterocycles. The molecule has 4 aromatic rings. The fourth-order valence-electron chi connectivity index (χ4n) is 3.76. The molecule has 0 fully saturated rings. The average Bonchev–Trinajstić information content (AvgIpc) is 2.89. The molecule has 0 spiro atoms. The second kappa shape index (κ2) is 10.4. The van der Waals surface area contributed by atoms with Gasteiger partial charge in [-0.05, 0) is 62.4 Å². The fourth-order valence-corrected chi connectivity index (χ4v) is 3.76. The summed E-state index contributed by atoms with van der Waals surface area (Å²) in [5, 5.41) is 0.620. The molecule has 1 heterocycles. The number of rotatable bonds is 7. The SMILES string of the molecule is CCOC(=O)c1ccc(OC(=O)c2cn(-c3ccc(C)cc3)c(=O)c3cc(OC)c(OC)cc23)cc1. The van der Waals surface area contributed by atoms with Crippen LogP contribution in [0.3, 0.4) is 0 Å². The van der Waals surface area contributed by atoms with Crippen molar-refractivity contribution < 1.29 is 28.5 Å². The van der Waals surface area contributed by atoms with Gasteiger partial charge in [0.1, 0.15) is 5.75 Å². The van der Waals surface area contributed by atoms with Crippen molar-refractivity contribution in [2.24, 2.45) is 0 Å². The summed E-state index contributed by atoms with van der Waals surface area (Å²) >= 11 is 0. The predicted octanol–water partition coefficient (Wildman–Crippen LogP) is 4.71. The predicted molar refractivity (Wildman–Crippen MR) is 135 cm³/mol. The summed E-state index contributed by atoms with van der Waals surface area (Å²) in [5.41, 5.74) is 1.79. The van der Waals surface area contributed by atoms with E-state index in [1.807, 2.05) is 19.1 Å². The highest BCUT2D eigenvalue weighted by atomic mass is 16.5. The number of pyridine rings is 1. The number of hydrogen-bond acceptors (Lipinski definition) is 7. The van der Waals surface area contributed by atoms with Crippen molar-refractivity contribution >= 4 is 22.7 Å². The molecule has 36 heavy (non-hydrogen) atoms. The number of ether oxygens (including phenoxy) is 4. The minimum absolute atomic E-state index is 0.153. The van der Waals surface area contributed by atoms with E-state index in [1.165, 1.54) is 49.2 Å². The van der Waals surface area contributed by atoms with Gasteiger partial charge in [0.2, 0.25) is 0 Å². The molecule has 0 aliphatic rings. The molecule has 0 unspecified atom stereocenters. The lowest BCUT2D eigenvalue weighted by Crippen LogP contribution is -2.22. The van der Waals surface area contributed by atoms with Crippen LogP contribution in [0.15, 0.2) is 71.7 Å². The summed E-state index contributed by atoms with van der Waals surface area (Å²) in [7, 11) is 2.95. The topological polar surface area (TPSA) is 93.1 Å². The van der Waals surface area contributed by atoms with Crippen LogP contribution in [0.5, 0.6) is 17.2 Å². The molecule has 0 radical (unpaired) electrons. The van der Waals surface area contributed by atoms with Crippen LogP contribution in [0.1, 0.15) is 33.2 Å². The average molecular weight is 488 g/mol. The van der Waals surface area contributed by atoms with Crippen molar-refractivity contribution in [3.8, 4) is 22.9 Å². The molecule has 0 amide bonds. The van der Waals surface area contributed by atoms with Crippen molar-refractivity contribution in [1.82, 2.24) is 4.57 Å². The highest BCUT2D eigenvalue weighted by Crippen LogP contribution is 2.33. The largest absolute Gasteiger partial charge is 0.493 e. The van der Waals surface area contributed by atoms with Gasteiger partial charge in [0.15, 0.2) is 11.5 Å². The van der Waals surface area contributed by atoms with Crippen molar-refractivity contribution in [3.63, 3.8) is 0 Å². The Balaban J connectivity index is 1.82. The zero-order chi connectivity index (χ0) is 25.8. The number of fused-ring (bicyclic) bond motifs is 1. The van der Waals surface area contributed by atoms with Crippen LogP contribution in [-0.4, -0.2) is 37.3 Å². The lowest BCUT2D eigenvalue weighted by molar-refractivity contribution is 0.0526. The fraction of sp³-hybridized carbons (Fsp3) is 0.179. The third-order valence-corrected chi connectivity index (χ3v) is 5.63. The number of aromatic nitrogens is 1. The second-order valence-corrected chi connectivity index (χ2v) is 7.94. The van der Waals surface area contributed by atoms with Crippen LogP contribution in [-0.2, 0) is 4.74 Å². The van der Waals surface area contributed by atoms with Crippen LogP contribution >= 0.6 is 0 Å². The van der Waals surface area contributed by atoms with Gasteiger partial charge in [0, 0.05) is 17.3 Å². The maximum absolute atomic E-state index is 13.4.